The van der Waals surface area contributed by atoms with E-state index in [-0.39, 0.29) is 17.5 Å². The van der Waals surface area contributed by atoms with Crippen LogP contribution in [0, 0.1) is 12.7 Å². The molecule has 2 aromatic carbocycles. The van der Waals surface area contributed by atoms with Gasteiger partial charge in [-0.25, -0.2) is 4.39 Å². The van der Waals surface area contributed by atoms with Crippen LogP contribution in [0.4, 0.5) is 24.7 Å². The fourth-order valence-corrected chi connectivity index (χ4v) is 6.10. The van der Waals surface area contributed by atoms with Crippen molar-refractivity contribution in [3.8, 4) is 0 Å². The van der Waals surface area contributed by atoms with Crippen LogP contribution in [0.1, 0.15) is 74.9 Å². The van der Waals surface area contributed by atoms with E-state index in [9.17, 15) is 18.7 Å². The Morgan fingerprint density at radius 1 is 1.15 bits per heavy atom. The lowest BCUT2D eigenvalue weighted by molar-refractivity contribution is -0.170. The Balaban J connectivity index is 1.43. The van der Waals surface area contributed by atoms with E-state index in [1.807, 2.05) is 24.0 Å². The molecule has 1 saturated heterocycles. The second-order valence-corrected chi connectivity index (χ2v) is 11.9. The lowest BCUT2D eigenvalue weighted by Crippen LogP contribution is -2.44. The number of rotatable bonds is 6. The Labute approximate surface area is 230 Å². The maximum absolute atomic E-state index is 15.5. The zero-order chi connectivity index (χ0) is 28.6. The molecular weight excluding hydrogens is 521 g/mol. The Bertz CT molecular complexity index is 1510. The van der Waals surface area contributed by atoms with Crippen molar-refractivity contribution in [2.75, 3.05) is 23.4 Å². The van der Waals surface area contributed by atoms with Gasteiger partial charge in [-0.1, -0.05) is 12.1 Å². The van der Waals surface area contributed by atoms with Crippen LogP contribution in [0.3, 0.4) is 0 Å². The molecule has 1 aliphatic carbocycles. The van der Waals surface area contributed by atoms with E-state index in [1.165, 1.54) is 12.1 Å². The summed E-state index contributed by atoms with van der Waals surface area (Å²) in [6.45, 7) is 6.46. The molecule has 1 aromatic heterocycles. The number of ether oxygens (including phenoxy) is 1. The molecule has 40 heavy (non-hydrogen) atoms. The van der Waals surface area contributed by atoms with Crippen molar-refractivity contribution in [1.29, 1.82) is 0 Å². The number of fused-ring (bicyclic) bond motifs is 3. The summed E-state index contributed by atoms with van der Waals surface area (Å²) in [7, 11) is 0. The number of hydrogen-bond acceptors (Lipinski definition) is 6. The molecule has 1 spiro atoms. The number of alkyl halides is 2. The maximum Gasteiger partial charge on any atom is 0.303 e. The van der Waals surface area contributed by atoms with Gasteiger partial charge in [-0.2, -0.15) is 13.9 Å². The summed E-state index contributed by atoms with van der Waals surface area (Å²) < 4.78 is 50.9. The zero-order valence-corrected chi connectivity index (χ0v) is 23.0. The van der Waals surface area contributed by atoms with Crippen LogP contribution in [0.5, 0.6) is 0 Å². The average molecular weight is 555 g/mol. The number of benzene rings is 2. The van der Waals surface area contributed by atoms with Crippen molar-refractivity contribution in [1.82, 2.24) is 10.2 Å². The van der Waals surface area contributed by atoms with Gasteiger partial charge in [-0.05, 0) is 77.1 Å². The van der Waals surface area contributed by atoms with Crippen LogP contribution in [-0.2, 0) is 20.9 Å². The summed E-state index contributed by atoms with van der Waals surface area (Å²) >= 11 is 0. The lowest BCUT2D eigenvalue weighted by Gasteiger charge is -2.32. The van der Waals surface area contributed by atoms with E-state index in [1.54, 1.807) is 6.92 Å². The summed E-state index contributed by atoms with van der Waals surface area (Å²) in [6.07, 6.45) is 3.16. The van der Waals surface area contributed by atoms with Gasteiger partial charge in [0.15, 0.2) is 5.82 Å². The summed E-state index contributed by atoms with van der Waals surface area (Å²) in [4.78, 5) is 15.8. The van der Waals surface area contributed by atoms with E-state index in [2.05, 4.69) is 15.5 Å². The number of halogens is 3. The number of nitrogens with one attached hydrogen (secondary N) is 1. The van der Waals surface area contributed by atoms with Gasteiger partial charge in [0, 0.05) is 41.3 Å². The standard InChI is InChI=1S/C30H33F3N4O3/c1-16(19-6-5-7-22(25(19)31)30(32,33)28(3,4)39)34-26-21-15-24-23(14-20(21)17(2)35-36-26)29(10-12-40-13-11-29)27(38)37(24)18-8-9-18/h5-7,14-16,18,39H,8-13H2,1-4H3,(H,34,36)/t16-/m1/s1. The number of aryl methyl sites for hydroxylation is 1. The molecule has 2 N–H and O–H groups in total. The van der Waals surface area contributed by atoms with E-state index in [0.717, 1.165) is 54.8 Å². The normalized spacial score (nSPS) is 19.8. The highest BCUT2D eigenvalue weighted by molar-refractivity contribution is 6.12. The van der Waals surface area contributed by atoms with Gasteiger partial charge >= 0.3 is 5.92 Å². The number of anilines is 2. The van der Waals surface area contributed by atoms with Crippen molar-refractivity contribution in [3.05, 3.63) is 58.5 Å². The molecule has 1 saturated carbocycles. The first-order chi connectivity index (χ1) is 18.9. The molecule has 6 rings (SSSR count). The van der Waals surface area contributed by atoms with Crippen molar-refractivity contribution in [2.45, 2.75) is 82.4 Å². The minimum atomic E-state index is -3.80. The number of nitrogens with zero attached hydrogens (tertiary/aromatic N) is 3. The monoisotopic (exact) mass is 554 g/mol. The molecule has 3 aromatic rings. The third kappa shape index (κ3) is 3.98. The first-order valence-electron chi connectivity index (χ1n) is 13.8. The van der Waals surface area contributed by atoms with E-state index < -0.39 is 34.4 Å². The van der Waals surface area contributed by atoms with Crippen LogP contribution in [0.25, 0.3) is 10.8 Å². The Kier molecular flexibility index (Phi) is 6.16. The van der Waals surface area contributed by atoms with Gasteiger partial charge in [0.2, 0.25) is 5.91 Å². The predicted molar refractivity (Wildman–Crippen MR) is 145 cm³/mol. The maximum atomic E-state index is 15.5. The summed E-state index contributed by atoms with van der Waals surface area (Å²) in [5.41, 5.74) is -1.39. The highest BCUT2D eigenvalue weighted by atomic mass is 19.3. The second-order valence-electron chi connectivity index (χ2n) is 11.9. The molecule has 1 amide bonds. The van der Waals surface area contributed by atoms with Gasteiger partial charge < -0.3 is 20.1 Å². The SMILES string of the molecule is Cc1nnc(N[C@H](C)c2cccc(C(F)(F)C(C)(C)O)c2F)c2cc3c(cc12)C1(CCOCC1)C(=O)N3C1CC1. The van der Waals surface area contributed by atoms with Gasteiger partial charge in [0.1, 0.15) is 11.4 Å². The molecule has 0 radical (unpaired) electrons. The second kappa shape index (κ2) is 9.14. The smallest absolute Gasteiger partial charge is 0.303 e. The van der Waals surface area contributed by atoms with Crippen LogP contribution in [-0.4, -0.2) is 46.1 Å². The van der Waals surface area contributed by atoms with Crippen molar-refractivity contribution in [3.63, 3.8) is 0 Å². The van der Waals surface area contributed by atoms with E-state index in [4.69, 9.17) is 4.74 Å². The first-order valence-corrected chi connectivity index (χ1v) is 13.8. The molecule has 0 bridgehead atoms. The van der Waals surface area contributed by atoms with Crippen LogP contribution in [0.2, 0.25) is 0 Å². The minimum Gasteiger partial charge on any atom is -0.384 e. The summed E-state index contributed by atoms with van der Waals surface area (Å²) in [6, 6.07) is 7.20. The van der Waals surface area contributed by atoms with Crippen LogP contribution >= 0.6 is 0 Å². The molecule has 3 aliphatic rings. The number of aliphatic hydroxyl groups is 1. The minimum absolute atomic E-state index is 0.00838. The highest BCUT2D eigenvalue weighted by Gasteiger charge is 2.55. The lowest BCUT2D eigenvalue weighted by atomic mass is 9.74. The van der Waals surface area contributed by atoms with Crippen LogP contribution < -0.4 is 10.2 Å². The highest BCUT2D eigenvalue weighted by Crippen LogP contribution is 2.53. The van der Waals surface area contributed by atoms with Gasteiger partial charge in [0.25, 0.3) is 0 Å². The molecule has 2 fully saturated rings. The van der Waals surface area contributed by atoms with Crippen molar-refractivity contribution in [2.24, 2.45) is 0 Å². The predicted octanol–water partition coefficient (Wildman–Crippen LogP) is 5.67. The molecule has 212 valence electrons. The Morgan fingerprint density at radius 3 is 2.50 bits per heavy atom. The molecule has 2 aliphatic heterocycles. The number of hydrogen-bond donors (Lipinski definition) is 2. The van der Waals surface area contributed by atoms with Gasteiger partial charge in [0.05, 0.1) is 22.7 Å². The number of carbonyl (C=O) groups excluding carboxylic acids is 1. The van der Waals surface area contributed by atoms with E-state index in [0.29, 0.717) is 37.6 Å². The van der Waals surface area contributed by atoms with E-state index >= 15 is 4.39 Å². The average Bonchev–Trinajstić information content (AvgIpc) is 3.72. The summed E-state index contributed by atoms with van der Waals surface area (Å²) in [5, 5.41) is 23.4. The quantitative estimate of drug-likeness (QED) is 0.408. The molecule has 10 heteroatoms. The largest absolute Gasteiger partial charge is 0.384 e. The van der Waals surface area contributed by atoms with Crippen molar-refractivity contribution >= 4 is 28.2 Å². The fourth-order valence-electron chi connectivity index (χ4n) is 6.10. The number of carbonyl (C=O) groups is 1. The molecule has 3 heterocycles. The topological polar surface area (TPSA) is 87.6 Å². The summed E-state index contributed by atoms with van der Waals surface area (Å²) in [5.74, 6) is -4.41. The third-order valence-electron chi connectivity index (χ3n) is 8.70. The number of aromatic nitrogens is 2. The Hall–Kier alpha value is -3.24. The third-order valence-corrected chi connectivity index (χ3v) is 8.70. The molecule has 7 nitrogen and oxygen atoms in total. The fraction of sp³-hybridized carbons (Fsp3) is 0.500. The van der Waals surface area contributed by atoms with Crippen molar-refractivity contribution < 1.29 is 27.8 Å². The first kappa shape index (κ1) is 27.0. The van der Waals surface area contributed by atoms with Gasteiger partial charge in [-0.3, -0.25) is 4.79 Å². The van der Waals surface area contributed by atoms with Crippen LogP contribution in [0.15, 0.2) is 30.3 Å². The molecular formula is C30H33F3N4O3. The molecule has 0 unspecified atom stereocenters. The Morgan fingerprint density at radius 2 is 1.85 bits per heavy atom. The zero-order valence-electron chi connectivity index (χ0n) is 23.0. The number of amides is 1. The van der Waals surface area contributed by atoms with Gasteiger partial charge in [-0.15, -0.1) is 5.10 Å². The molecule has 1 atom stereocenters.